The lowest BCUT2D eigenvalue weighted by atomic mass is 10.0. The highest BCUT2D eigenvalue weighted by Gasteiger charge is 2.41. The number of piperidine rings is 1. The molecule has 1 aromatic heterocycles. The van der Waals surface area contributed by atoms with Gasteiger partial charge in [-0.2, -0.15) is 0 Å². The second-order valence-corrected chi connectivity index (χ2v) is 6.15. The topological polar surface area (TPSA) is 79.4 Å². The summed E-state index contributed by atoms with van der Waals surface area (Å²) in [5.41, 5.74) is 1.01. The van der Waals surface area contributed by atoms with Crippen LogP contribution in [0, 0.1) is 0 Å². The number of benzene rings is 1. The average Bonchev–Trinajstić information content (AvgIpc) is 2.78. The van der Waals surface area contributed by atoms with Crippen LogP contribution in [0.2, 0.25) is 0 Å². The smallest absolute Gasteiger partial charge is 0.278 e. The van der Waals surface area contributed by atoms with Gasteiger partial charge in [-0.1, -0.05) is 15.9 Å². The summed E-state index contributed by atoms with van der Waals surface area (Å²) in [4.78, 5) is 41.8. The van der Waals surface area contributed by atoms with Crippen LogP contribution < -0.4 is 10.2 Å². The number of halogens is 1. The summed E-state index contributed by atoms with van der Waals surface area (Å²) in [5.74, 6) is -1.04. The van der Waals surface area contributed by atoms with Crippen LogP contribution in [0.1, 0.15) is 23.3 Å². The summed E-state index contributed by atoms with van der Waals surface area (Å²) in [5, 5.41) is 3.92. The van der Waals surface area contributed by atoms with Crippen molar-refractivity contribution in [3.05, 3.63) is 34.6 Å². The summed E-state index contributed by atoms with van der Waals surface area (Å²) in [6, 6.07) is 4.79. The number of anilines is 1. The van der Waals surface area contributed by atoms with E-state index in [1.807, 2.05) is 12.1 Å². The molecule has 1 unspecified atom stereocenters. The number of rotatable bonds is 1. The molecular formula is C15H10BrN3O3. The molecule has 110 valence electrons. The molecule has 0 bridgehead atoms. The number of aromatic nitrogens is 1. The van der Waals surface area contributed by atoms with E-state index >= 15 is 0 Å². The second kappa shape index (κ2) is 4.61. The highest BCUT2D eigenvalue weighted by atomic mass is 79.9. The molecule has 0 radical (unpaired) electrons. The van der Waals surface area contributed by atoms with Gasteiger partial charge < -0.3 is 0 Å². The van der Waals surface area contributed by atoms with Gasteiger partial charge in [-0.3, -0.25) is 29.6 Å². The van der Waals surface area contributed by atoms with Gasteiger partial charge in [0.1, 0.15) is 11.7 Å². The normalized spacial score (nSPS) is 20.7. The first-order chi connectivity index (χ1) is 10.6. The zero-order valence-electron chi connectivity index (χ0n) is 11.3. The third kappa shape index (κ3) is 1.72. The minimum absolute atomic E-state index is 0.226. The summed E-state index contributed by atoms with van der Waals surface area (Å²) < 4.78 is 0.868. The predicted molar refractivity (Wildman–Crippen MR) is 82.4 cm³/mol. The Morgan fingerprint density at radius 3 is 2.82 bits per heavy atom. The van der Waals surface area contributed by atoms with Gasteiger partial charge in [-0.25, -0.2) is 0 Å². The van der Waals surface area contributed by atoms with Gasteiger partial charge in [0.05, 0.1) is 5.69 Å². The summed E-state index contributed by atoms with van der Waals surface area (Å²) in [6.45, 7) is 0. The maximum Gasteiger partial charge on any atom is 0.278 e. The number of imide groups is 1. The van der Waals surface area contributed by atoms with Crippen molar-refractivity contribution in [3.8, 4) is 0 Å². The molecule has 7 heteroatoms. The number of carbonyl (C=O) groups excluding carboxylic acids is 3. The number of amides is 3. The Hall–Kier alpha value is -2.28. The van der Waals surface area contributed by atoms with Crippen molar-refractivity contribution >= 4 is 50.1 Å². The van der Waals surface area contributed by atoms with Crippen molar-refractivity contribution in [1.29, 1.82) is 0 Å². The third-order valence-electron chi connectivity index (χ3n) is 4.05. The van der Waals surface area contributed by atoms with E-state index in [2.05, 4.69) is 26.2 Å². The van der Waals surface area contributed by atoms with E-state index in [0.29, 0.717) is 17.8 Å². The van der Waals surface area contributed by atoms with Crippen molar-refractivity contribution in [2.24, 2.45) is 0 Å². The largest absolute Gasteiger partial charge is 0.295 e. The van der Waals surface area contributed by atoms with Crippen LogP contribution in [0.4, 0.5) is 5.69 Å². The SMILES string of the molecule is O=C1CCC(N2C(=O)c3nccc4c(Br)ccc2c34)C(=O)N1. The maximum atomic E-state index is 12.7. The van der Waals surface area contributed by atoms with Crippen molar-refractivity contribution in [2.45, 2.75) is 18.9 Å². The molecule has 2 aromatic rings. The average molecular weight is 360 g/mol. The molecule has 2 aliphatic rings. The van der Waals surface area contributed by atoms with E-state index in [-0.39, 0.29) is 18.2 Å². The summed E-state index contributed by atoms with van der Waals surface area (Å²) in [7, 11) is 0. The summed E-state index contributed by atoms with van der Waals surface area (Å²) in [6.07, 6.45) is 2.13. The van der Waals surface area contributed by atoms with Crippen LogP contribution in [0.5, 0.6) is 0 Å². The first kappa shape index (κ1) is 13.4. The molecule has 3 amide bonds. The number of nitrogens with zero attached hydrogens (tertiary/aromatic N) is 2. The molecule has 4 rings (SSSR count). The van der Waals surface area contributed by atoms with Gasteiger partial charge in [-0.05, 0) is 24.6 Å². The molecule has 22 heavy (non-hydrogen) atoms. The quantitative estimate of drug-likeness (QED) is 0.786. The lowest BCUT2D eigenvalue weighted by molar-refractivity contribution is -0.134. The molecule has 6 nitrogen and oxygen atoms in total. The first-order valence-electron chi connectivity index (χ1n) is 6.82. The van der Waals surface area contributed by atoms with E-state index in [4.69, 9.17) is 0 Å². The number of pyridine rings is 1. The van der Waals surface area contributed by atoms with E-state index < -0.39 is 11.9 Å². The molecule has 1 saturated heterocycles. The van der Waals surface area contributed by atoms with Gasteiger partial charge in [-0.15, -0.1) is 0 Å². The van der Waals surface area contributed by atoms with Crippen LogP contribution in [-0.4, -0.2) is 28.7 Å². The molecule has 1 atom stereocenters. The van der Waals surface area contributed by atoms with Gasteiger partial charge >= 0.3 is 0 Å². The number of hydrogen-bond acceptors (Lipinski definition) is 4. The lowest BCUT2D eigenvalue weighted by Gasteiger charge is -2.30. The molecule has 3 heterocycles. The van der Waals surface area contributed by atoms with E-state index in [9.17, 15) is 14.4 Å². The van der Waals surface area contributed by atoms with E-state index in [1.54, 1.807) is 12.3 Å². The predicted octanol–water partition coefficient (Wildman–Crippen LogP) is 1.76. The van der Waals surface area contributed by atoms with Crippen LogP contribution >= 0.6 is 15.9 Å². The van der Waals surface area contributed by atoms with Crippen LogP contribution in [-0.2, 0) is 9.59 Å². The van der Waals surface area contributed by atoms with Crippen LogP contribution in [0.3, 0.4) is 0 Å². The molecule has 0 aliphatic carbocycles. The first-order valence-corrected chi connectivity index (χ1v) is 7.61. The Bertz CT molecular complexity index is 864. The highest BCUT2D eigenvalue weighted by molar-refractivity contribution is 9.10. The number of hydrogen-bond donors (Lipinski definition) is 1. The minimum atomic E-state index is -0.677. The Morgan fingerprint density at radius 2 is 2.05 bits per heavy atom. The Kier molecular flexibility index (Phi) is 2.80. The van der Waals surface area contributed by atoms with Crippen molar-refractivity contribution in [1.82, 2.24) is 10.3 Å². The molecule has 1 N–H and O–H groups in total. The fourth-order valence-corrected chi connectivity index (χ4v) is 3.53. The number of nitrogens with one attached hydrogen (secondary N) is 1. The van der Waals surface area contributed by atoms with Gasteiger partial charge in [0, 0.05) is 27.9 Å². The zero-order valence-corrected chi connectivity index (χ0v) is 12.9. The lowest BCUT2D eigenvalue weighted by Crippen LogP contribution is -2.53. The van der Waals surface area contributed by atoms with Crippen molar-refractivity contribution < 1.29 is 14.4 Å². The molecule has 1 aromatic carbocycles. The van der Waals surface area contributed by atoms with Gasteiger partial charge in [0.2, 0.25) is 11.8 Å². The highest BCUT2D eigenvalue weighted by Crippen LogP contribution is 2.41. The van der Waals surface area contributed by atoms with E-state index in [1.165, 1.54) is 4.90 Å². The van der Waals surface area contributed by atoms with Crippen molar-refractivity contribution in [3.63, 3.8) is 0 Å². The summed E-state index contributed by atoms with van der Waals surface area (Å²) >= 11 is 3.47. The van der Waals surface area contributed by atoms with E-state index in [0.717, 1.165) is 15.2 Å². The van der Waals surface area contributed by atoms with Crippen molar-refractivity contribution in [2.75, 3.05) is 4.90 Å². The molecular weight excluding hydrogens is 350 g/mol. The van der Waals surface area contributed by atoms with Gasteiger partial charge in [0.15, 0.2) is 0 Å². The third-order valence-corrected chi connectivity index (χ3v) is 4.75. The Labute approximate surface area is 133 Å². The zero-order chi connectivity index (χ0) is 15.4. The molecule has 2 aliphatic heterocycles. The fraction of sp³-hybridized carbons (Fsp3) is 0.200. The standard InChI is InChI=1S/C15H10BrN3O3/c16-8-1-2-9-12-7(8)5-6-17-13(12)15(22)19(9)10-3-4-11(20)18-14(10)21/h1-2,5-6,10H,3-4H2,(H,18,20,21). The monoisotopic (exact) mass is 359 g/mol. The second-order valence-electron chi connectivity index (χ2n) is 5.29. The fourth-order valence-electron chi connectivity index (χ4n) is 3.07. The minimum Gasteiger partial charge on any atom is -0.295 e. The Morgan fingerprint density at radius 1 is 1.23 bits per heavy atom. The number of carbonyl (C=O) groups is 3. The van der Waals surface area contributed by atoms with Crippen LogP contribution in [0.25, 0.3) is 10.8 Å². The maximum absolute atomic E-state index is 12.7. The molecule has 1 fully saturated rings. The molecule has 0 spiro atoms. The van der Waals surface area contributed by atoms with Gasteiger partial charge in [0.25, 0.3) is 5.91 Å². The van der Waals surface area contributed by atoms with Crippen LogP contribution in [0.15, 0.2) is 28.9 Å². The molecule has 0 saturated carbocycles. The Balaban J connectivity index is 1.89.